The van der Waals surface area contributed by atoms with E-state index in [1.165, 1.54) is 11.1 Å². The highest BCUT2D eigenvalue weighted by atomic mass is 15.2. The van der Waals surface area contributed by atoms with E-state index in [0.29, 0.717) is 0 Å². The molecule has 0 fully saturated rings. The average Bonchev–Trinajstić information content (AvgIpc) is 2.15. The lowest BCUT2D eigenvalue weighted by Gasteiger charge is -2.25. The normalized spacial score (nSPS) is 14.1. The van der Waals surface area contributed by atoms with Gasteiger partial charge in [0.15, 0.2) is 0 Å². The zero-order valence-electron chi connectivity index (χ0n) is 9.46. The van der Waals surface area contributed by atoms with Crippen molar-refractivity contribution >= 4 is 0 Å². The molecule has 0 radical (unpaired) electrons. The number of nitrogens with two attached hydrogens (primary N) is 1. The molecule has 2 nitrogen and oxygen atoms in total. The molecule has 0 saturated carbocycles. The second-order valence-corrected chi connectivity index (χ2v) is 4.73. The molecule has 0 amide bonds. The second-order valence-electron chi connectivity index (χ2n) is 4.73. The fourth-order valence-corrected chi connectivity index (χ4v) is 1.65. The van der Waals surface area contributed by atoms with Crippen molar-refractivity contribution in [3.8, 4) is 0 Å². The van der Waals surface area contributed by atoms with Crippen LogP contribution in [0.25, 0.3) is 0 Å². The van der Waals surface area contributed by atoms with Crippen molar-refractivity contribution in [1.82, 2.24) is 5.43 Å². The van der Waals surface area contributed by atoms with E-state index in [1.54, 1.807) is 0 Å². The predicted molar refractivity (Wildman–Crippen MR) is 60.9 cm³/mol. The molecule has 2 heteroatoms. The molecule has 0 aliphatic carbocycles. The Balaban J connectivity index is 3.16. The van der Waals surface area contributed by atoms with Crippen molar-refractivity contribution < 1.29 is 0 Å². The summed E-state index contributed by atoms with van der Waals surface area (Å²) in [5.74, 6) is 5.47. The molecule has 0 heterocycles. The summed E-state index contributed by atoms with van der Waals surface area (Å²) in [5, 5.41) is 0. The molecule has 0 bridgehead atoms. The maximum atomic E-state index is 5.47. The van der Waals surface area contributed by atoms with Gasteiger partial charge in [-0.3, -0.25) is 11.3 Å². The highest BCUT2D eigenvalue weighted by Crippen LogP contribution is 2.28. The summed E-state index contributed by atoms with van der Waals surface area (Å²) in [6, 6.07) is 8.63. The third-order valence-electron chi connectivity index (χ3n) is 2.49. The van der Waals surface area contributed by atoms with Gasteiger partial charge in [-0.1, -0.05) is 45.0 Å². The minimum Gasteiger partial charge on any atom is -0.271 e. The molecule has 14 heavy (non-hydrogen) atoms. The summed E-state index contributed by atoms with van der Waals surface area (Å²) in [7, 11) is 0. The van der Waals surface area contributed by atoms with Crippen molar-refractivity contribution in [1.29, 1.82) is 0 Å². The average molecular weight is 192 g/mol. The summed E-state index contributed by atoms with van der Waals surface area (Å²) in [4.78, 5) is 0. The Morgan fingerprint density at radius 3 is 2.29 bits per heavy atom. The third kappa shape index (κ3) is 2.34. The van der Waals surface area contributed by atoms with E-state index < -0.39 is 0 Å². The van der Waals surface area contributed by atoms with Crippen molar-refractivity contribution in [2.75, 3.05) is 0 Å². The van der Waals surface area contributed by atoms with Gasteiger partial charge < -0.3 is 0 Å². The molecule has 0 aliphatic heterocycles. The number of hydrogen-bond donors (Lipinski definition) is 2. The first kappa shape index (κ1) is 11.2. The van der Waals surface area contributed by atoms with Gasteiger partial charge in [0.25, 0.3) is 0 Å². The quantitative estimate of drug-likeness (QED) is 0.558. The van der Waals surface area contributed by atoms with Gasteiger partial charge in [-0.05, 0) is 23.5 Å². The van der Waals surface area contributed by atoms with Crippen molar-refractivity contribution in [2.24, 2.45) is 5.84 Å². The van der Waals surface area contributed by atoms with E-state index >= 15 is 0 Å². The Labute approximate surface area is 86.5 Å². The molecule has 0 saturated heterocycles. The van der Waals surface area contributed by atoms with E-state index in [-0.39, 0.29) is 11.5 Å². The molecule has 1 rings (SSSR count). The summed E-state index contributed by atoms with van der Waals surface area (Å²) in [5.41, 5.74) is 5.59. The largest absolute Gasteiger partial charge is 0.271 e. The topological polar surface area (TPSA) is 38.0 Å². The maximum Gasteiger partial charge on any atom is 0.0434 e. The van der Waals surface area contributed by atoms with Gasteiger partial charge in [0.05, 0.1) is 0 Å². The molecule has 0 aromatic heterocycles. The van der Waals surface area contributed by atoms with Crippen LogP contribution in [0.3, 0.4) is 0 Å². The smallest absolute Gasteiger partial charge is 0.0434 e. The molecular weight excluding hydrogens is 172 g/mol. The Bertz CT molecular complexity index is 299. The summed E-state index contributed by atoms with van der Waals surface area (Å²) in [6.07, 6.45) is 0. The number of benzene rings is 1. The van der Waals surface area contributed by atoms with Gasteiger partial charge in [-0.25, -0.2) is 0 Å². The Morgan fingerprint density at radius 2 is 1.79 bits per heavy atom. The van der Waals surface area contributed by atoms with Gasteiger partial charge in [0, 0.05) is 6.04 Å². The molecule has 0 spiro atoms. The lowest BCUT2D eigenvalue weighted by molar-refractivity contribution is 0.545. The Hall–Kier alpha value is -0.860. The van der Waals surface area contributed by atoms with Crippen LogP contribution in [0.4, 0.5) is 0 Å². The first-order valence-corrected chi connectivity index (χ1v) is 5.02. The van der Waals surface area contributed by atoms with Crippen LogP contribution in [0.5, 0.6) is 0 Å². The standard InChI is InChI=1S/C12H20N2/c1-9(14-13)10-7-5-6-8-11(10)12(2,3)4/h5-9,14H,13H2,1-4H3. The summed E-state index contributed by atoms with van der Waals surface area (Å²) >= 11 is 0. The van der Waals surface area contributed by atoms with E-state index in [1.807, 2.05) is 0 Å². The highest BCUT2D eigenvalue weighted by molar-refractivity contribution is 5.34. The molecule has 1 unspecified atom stereocenters. The first-order valence-electron chi connectivity index (χ1n) is 5.02. The Morgan fingerprint density at radius 1 is 1.21 bits per heavy atom. The number of rotatable bonds is 2. The van der Waals surface area contributed by atoms with Crippen molar-refractivity contribution in [2.45, 2.75) is 39.2 Å². The summed E-state index contributed by atoms with van der Waals surface area (Å²) < 4.78 is 0. The van der Waals surface area contributed by atoms with E-state index in [2.05, 4.69) is 57.4 Å². The van der Waals surface area contributed by atoms with Crippen LogP contribution in [-0.2, 0) is 5.41 Å². The SMILES string of the molecule is CC(NN)c1ccccc1C(C)(C)C. The predicted octanol–water partition coefficient (Wildman–Crippen LogP) is 2.51. The van der Waals surface area contributed by atoms with Gasteiger partial charge in [-0.2, -0.15) is 0 Å². The van der Waals surface area contributed by atoms with E-state index in [0.717, 1.165) is 0 Å². The molecular formula is C12H20N2. The molecule has 1 aromatic carbocycles. The van der Waals surface area contributed by atoms with Crippen molar-refractivity contribution in [3.05, 3.63) is 35.4 Å². The fraction of sp³-hybridized carbons (Fsp3) is 0.500. The lowest BCUT2D eigenvalue weighted by Crippen LogP contribution is -2.28. The molecule has 0 aliphatic rings. The number of nitrogens with one attached hydrogen (secondary N) is 1. The Kier molecular flexibility index (Phi) is 3.29. The van der Waals surface area contributed by atoms with Crippen molar-refractivity contribution in [3.63, 3.8) is 0 Å². The van der Waals surface area contributed by atoms with Crippen LogP contribution in [-0.4, -0.2) is 0 Å². The fourth-order valence-electron chi connectivity index (χ4n) is 1.65. The summed E-state index contributed by atoms with van der Waals surface area (Å²) in [6.45, 7) is 8.73. The zero-order chi connectivity index (χ0) is 10.8. The van der Waals surface area contributed by atoms with Crippen LogP contribution >= 0.6 is 0 Å². The van der Waals surface area contributed by atoms with Crippen LogP contribution in [0.2, 0.25) is 0 Å². The molecule has 3 N–H and O–H groups in total. The maximum absolute atomic E-state index is 5.47. The first-order chi connectivity index (χ1) is 6.46. The molecule has 78 valence electrons. The van der Waals surface area contributed by atoms with Gasteiger partial charge in [-0.15, -0.1) is 0 Å². The van der Waals surface area contributed by atoms with E-state index in [4.69, 9.17) is 5.84 Å². The van der Waals surface area contributed by atoms with Gasteiger partial charge >= 0.3 is 0 Å². The zero-order valence-corrected chi connectivity index (χ0v) is 9.46. The van der Waals surface area contributed by atoms with Crippen LogP contribution in [0.15, 0.2) is 24.3 Å². The number of hydrazine groups is 1. The second kappa shape index (κ2) is 4.11. The molecule has 1 atom stereocenters. The van der Waals surface area contributed by atoms with Crippen LogP contribution in [0, 0.1) is 0 Å². The van der Waals surface area contributed by atoms with Crippen LogP contribution < -0.4 is 11.3 Å². The lowest BCUT2D eigenvalue weighted by atomic mass is 9.82. The third-order valence-corrected chi connectivity index (χ3v) is 2.49. The van der Waals surface area contributed by atoms with Crippen LogP contribution in [0.1, 0.15) is 44.9 Å². The highest BCUT2D eigenvalue weighted by Gasteiger charge is 2.19. The number of hydrogen-bond acceptors (Lipinski definition) is 2. The minimum absolute atomic E-state index is 0.168. The van der Waals surface area contributed by atoms with E-state index in [9.17, 15) is 0 Å². The van der Waals surface area contributed by atoms with Gasteiger partial charge in [0.2, 0.25) is 0 Å². The monoisotopic (exact) mass is 192 g/mol. The minimum atomic E-state index is 0.168. The van der Waals surface area contributed by atoms with Gasteiger partial charge in [0.1, 0.15) is 0 Å². The molecule has 1 aromatic rings.